The van der Waals surface area contributed by atoms with E-state index in [-0.39, 0.29) is 29.4 Å². The summed E-state index contributed by atoms with van der Waals surface area (Å²) in [6.07, 6.45) is 4.16. The van der Waals surface area contributed by atoms with Gasteiger partial charge in [0.1, 0.15) is 17.2 Å². The molecule has 2 bridgehead atoms. The molecule has 3 aromatic carbocycles. The summed E-state index contributed by atoms with van der Waals surface area (Å²) in [5.74, 6) is 0.444. The van der Waals surface area contributed by atoms with Gasteiger partial charge in [-0.1, -0.05) is 18.2 Å². The fraction of sp³-hybridized carbons (Fsp3) is 0.303. The number of amides is 2. The third kappa shape index (κ3) is 4.49. The maximum absolute atomic E-state index is 13.6. The molecule has 1 heterocycles. The van der Waals surface area contributed by atoms with Crippen molar-refractivity contribution in [1.82, 2.24) is 10.2 Å². The zero-order chi connectivity index (χ0) is 28.2. The zero-order valence-electron chi connectivity index (χ0n) is 22.8. The molecule has 0 unspecified atom stereocenters. The molecule has 2 amide bonds. The molecule has 0 atom stereocenters. The standard InChI is InChI=1S/C33H31FN2O4/c1-35-32(39)30-26-14-25(21-5-4-6-22(11-21)27(37)18-33-15-19(16-33)17-33)23(13-29(38)36(2)3)12-28(26)40-31(30)20-7-9-24(34)10-8-20/h4-12,14,19H,13,15-18H2,1-3H3,(H,35,39). The van der Waals surface area contributed by atoms with E-state index in [4.69, 9.17) is 4.42 Å². The Bertz CT molecular complexity index is 1650. The molecule has 1 N–H and O–H groups in total. The van der Waals surface area contributed by atoms with Crippen LogP contribution in [0, 0.1) is 17.2 Å². The third-order valence-corrected chi connectivity index (χ3v) is 8.51. The molecule has 3 saturated carbocycles. The number of rotatable bonds is 8. The number of halogens is 1. The monoisotopic (exact) mass is 538 g/mol. The predicted molar refractivity (Wildman–Crippen MR) is 152 cm³/mol. The molecule has 3 aliphatic carbocycles. The van der Waals surface area contributed by atoms with Crippen LogP contribution in [0.5, 0.6) is 0 Å². The van der Waals surface area contributed by atoms with Crippen molar-refractivity contribution in [2.75, 3.05) is 21.1 Å². The Kier molecular flexibility index (Phi) is 6.32. The van der Waals surface area contributed by atoms with Crippen LogP contribution in [0.4, 0.5) is 4.39 Å². The maximum Gasteiger partial charge on any atom is 0.255 e. The molecular weight excluding hydrogens is 507 g/mol. The van der Waals surface area contributed by atoms with Gasteiger partial charge >= 0.3 is 0 Å². The van der Waals surface area contributed by atoms with Gasteiger partial charge in [0.05, 0.1) is 12.0 Å². The van der Waals surface area contributed by atoms with E-state index in [1.807, 2.05) is 30.3 Å². The smallest absolute Gasteiger partial charge is 0.255 e. The number of hydrogen-bond acceptors (Lipinski definition) is 4. The number of ketones is 1. The molecule has 4 aromatic rings. The van der Waals surface area contributed by atoms with Gasteiger partial charge in [-0.25, -0.2) is 4.39 Å². The highest BCUT2D eigenvalue weighted by molar-refractivity contribution is 6.12. The van der Waals surface area contributed by atoms with Gasteiger partial charge in [-0.15, -0.1) is 0 Å². The quantitative estimate of drug-likeness (QED) is 0.268. The number of benzene rings is 3. The molecule has 0 aliphatic heterocycles. The molecule has 204 valence electrons. The molecule has 3 fully saturated rings. The van der Waals surface area contributed by atoms with Crippen LogP contribution in [0.25, 0.3) is 33.4 Å². The highest BCUT2D eigenvalue weighted by atomic mass is 19.1. The molecule has 0 radical (unpaired) electrons. The van der Waals surface area contributed by atoms with Gasteiger partial charge in [-0.05, 0) is 89.8 Å². The average Bonchev–Trinajstić information content (AvgIpc) is 3.27. The fourth-order valence-corrected chi connectivity index (χ4v) is 6.25. The Labute approximate surface area is 232 Å². The van der Waals surface area contributed by atoms with Crippen molar-refractivity contribution in [3.05, 3.63) is 83.2 Å². The Balaban J connectivity index is 1.49. The molecule has 1 aromatic heterocycles. The Morgan fingerprint density at radius 2 is 1.73 bits per heavy atom. The van der Waals surface area contributed by atoms with Gasteiger partial charge in [0, 0.05) is 44.1 Å². The SMILES string of the molecule is CNC(=O)c1c(-c2ccc(F)cc2)oc2cc(CC(=O)N(C)C)c(-c3cccc(C(=O)CC45CC(C4)C5)c3)cc12. The fourth-order valence-electron chi connectivity index (χ4n) is 6.25. The highest BCUT2D eigenvalue weighted by Gasteiger charge is 2.56. The van der Waals surface area contributed by atoms with Crippen LogP contribution < -0.4 is 5.32 Å². The van der Waals surface area contributed by atoms with E-state index >= 15 is 0 Å². The summed E-state index contributed by atoms with van der Waals surface area (Å²) in [6, 6.07) is 16.9. The summed E-state index contributed by atoms with van der Waals surface area (Å²) < 4.78 is 19.8. The lowest BCUT2D eigenvalue weighted by Crippen LogP contribution is -2.52. The topological polar surface area (TPSA) is 79.6 Å². The third-order valence-electron chi connectivity index (χ3n) is 8.51. The van der Waals surface area contributed by atoms with E-state index in [1.54, 1.807) is 39.3 Å². The Morgan fingerprint density at radius 3 is 2.35 bits per heavy atom. The van der Waals surface area contributed by atoms with Crippen LogP contribution in [0.3, 0.4) is 0 Å². The van der Waals surface area contributed by atoms with E-state index in [9.17, 15) is 18.8 Å². The van der Waals surface area contributed by atoms with Gasteiger partial charge < -0.3 is 14.6 Å². The lowest BCUT2D eigenvalue weighted by atomic mass is 9.43. The predicted octanol–water partition coefficient (Wildman–Crippen LogP) is 6.27. The van der Waals surface area contributed by atoms with Crippen LogP contribution in [-0.4, -0.2) is 43.6 Å². The van der Waals surface area contributed by atoms with E-state index in [1.165, 1.54) is 17.0 Å². The number of carbonyl (C=O) groups is 3. The summed E-state index contributed by atoms with van der Waals surface area (Å²) in [4.78, 5) is 40.7. The van der Waals surface area contributed by atoms with Crippen molar-refractivity contribution in [3.63, 3.8) is 0 Å². The molecule has 0 saturated heterocycles. The maximum atomic E-state index is 13.6. The number of furan rings is 1. The summed E-state index contributed by atoms with van der Waals surface area (Å²) in [5, 5.41) is 3.25. The first-order chi connectivity index (χ1) is 19.2. The lowest BCUT2D eigenvalue weighted by molar-refractivity contribution is -0.127. The summed E-state index contributed by atoms with van der Waals surface area (Å²) in [7, 11) is 4.95. The van der Waals surface area contributed by atoms with E-state index < -0.39 is 5.82 Å². The lowest BCUT2D eigenvalue weighted by Gasteiger charge is -2.62. The number of Topliss-reactive ketones (excluding diaryl/α,β-unsaturated/α-hetero) is 1. The van der Waals surface area contributed by atoms with Crippen molar-refractivity contribution in [2.45, 2.75) is 32.1 Å². The first-order valence-corrected chi connectivity index (χ1v) is 13.6. The average molecular weight is 539 g/mol. The van der Waals surface area contributed by atoms with Crippen molar-refractivity contribution < 1.29 is 23.2 Å². The molecular formula is C33H31FN2O4. The van der Waals surface area contributed by atoms with Crippen molar-refractivity contribution in [3.8, 4) is 22.5 Å². The van der Waals surface area contributed by atoms with Crippen LogP contribution in [0.2, 0.25) is 0 Å². The van der Waals surface area contributed by atoms with Gasteiger partial charge in [-0.3, -0.25) is 14.4 Å². The first-order valence-electron chi connectivity index (χ1n) is 13.6. The largest absolute Gasteiger partial charge is 0.455 e. The molecule has 7 rings (SSSR count). The van der Waals surface area contributed by atoms with E-state index in [2.05, 4.69) is 5.32 Å². The van der Waals surface area contributed by atoms with Gasteiger partial charge in [0.2, 0.25) is 5.91 Å². The number of likely N-dealkylation sites (N-methyl/N-ethyl adjacent to an activating group) is 1. The second kappa shape index (κ2) is 9.73. The zero-order valence-corrected chi connectivity index (χ0v) is 22.8. The minimum Gasteiger partial charge on any atom is -0.455 e. The molecule has 0 spiro atoms. The second-order valence-electron chi connectivity index (χ2n) is 11.5. The van der Waals surface area contributed by atoms with Crippen molar-refractivity contribution in [2.24, 2.45) is 11.3 Å². The van der Waals surface area contributed by atoms with E-state index in [0.717, 1.165) is 41.9 Å². The summed E-state index contributed by atoms with van der Waals surface area (Å²) >= 11 is 0. The summed E-state index contributed by atoms with van der Waals surface area (Å²) in [5.41, 5.74) is 4.45. The number of nitrogens with one attached hydrogen (secondary N) is 1. The van der Waals surface area contributed by atoms with Gasteiger partial charge in [0.25, 0.3) is 5.91 Å². The van der Waals surface area contributed by atoms with Crippen LogP contribution >= 0.6 is 0 Å². The normalized spacial score (nSPS) is 19.1. The Hall–Kier alpha value is -4.26. The number of carbonyl (C=O) groups excluding carboxylic acids is 3. The van der Waals surface area contributed by atoms with Gasteiger partial charge in [-0.2, -0.15) is 0 Å². The molecule has 3 aliphatic rings. The Morgan fingerprint density at radius 1 is 1.00 bits per heavy atom. The number of fused-ring (bicyclic) bond motifs is 1. The van der Waals surface area contributed by atoms with Crippen LogP contribution in [0.1, 0.15) is 52.0 Å². The molecule has 40 heavy (non-hydrogen) atoms. The van der Waals surface area contributed by atoms with E-state index in [0.29, 0.717) is 39.8 Å². The van der Waals surface area contributed by atoms with Gasteiger partial charge in [0.15, 0.2) is 5.78 Å². The minimum atomic E-state index is -0.392. The number of nitrogens with zero attached hydrogens (tertiary/aromatic N) is 1. The molecule has 7 heteroatoms. The summed E-state index contributed by atoms with van der Waals surface area (Å²) in [6.45, 7) is 0. The highest BCUT2D eigenvalue weighted by Crippen LogP contribution is 2.66. The second-order valence-corrected chi connectivity index (χ2v) is 11.5. The first kappa shape index (κ1) is 26.0. The van der Waals surface area contributed by atoms with Crippen LogP contribution in [-0.2, 0) is 11.2 Å². The van der Waals surface area contributed by atoms with Crippen molar-refractivity contribution in [1.29, 1.82) is 0 Å². The van der Waals surface area contributed by atoms with Crippen molar-refractivity contribution >= 4 is 28.6 Å². The van der Waals surface area contributed by atoms with Crippen LogP contribution in [0.15, 0.2) is 65.1 Å². The minimum absolute atomic E-state index is 0.0895. The number of hydrogen-bond donors (Lipinski definition) is 1. The molecule has 6 nitrogen and oxygen atoms in total.